The monoisotopic (exact) mass is 421 g/mol. The summed E-state index contributed by atoms with van der Waals surface area (Å²) in [7, 11) is 0. The Kier molecular flexibility index (Phi) is 4.95. The molecule has 0 unspecified atom stereocenters. The molecule has 6 nitrogen and oxygen atoms in total. The van der Waals surface area contributed by atoms with Crippen LogP contribution in [-0.4, -0.2) is 15.0 Å². The zero-order valence-corrected chi connectivity index (χ0v) is 17.6. The first kappa shape index (κ1) is 19.6. The summed E-state index contributed by atoms with van der Waals surface area (Å²) >= 11 is 0. The van der Waals surface area contributed by atoms with E-state index in [2.05, 4.69) is 15.0 Å². The molecule has 0 atom stereocenters. The van der Waals surface area contributed by atoms with E-state index in [-0.39, 0.29) is 5.43 Å². The SMILES string of the molecule is Cc1nc(-c2cccnc2)nc(Oc2ccc3c(=O)c(-c4ccccc4)coc3c2)c1C. The molecule has 3 heterocycles. The van der Waals surface area contributed by atoms with Crippen LogP contribution < -0.4 is 10.2 Å². The highest BCUT2D eigenvalue weighted by Gasteiger charge is 2.14. The van der Waals surface area contributed by atoms with Crippen molar-refractivity contribution < 1.29 is 9.15 Å². The smallest absolute Gasteiger partial charge is 0.226 e. The number of ether oxygens (including phenoxy) is 1. The molecule has 0 fully saturated rings. The van der Waals surface area contributed by atoms with E-state index in [1.54, 1.807) is 30.6 Å². The molecule has 0 aliphatic carbocycles. The molecule has 0 aliphatic rings. The zero-order valence-electron chi connectivity index (χ0n) is 17.6. The molecule has 0 aliphatic heterocycles. The average molecular weight is 421 g/mol. The van der Waals surface area contributed by atoms with Gasteiger partial charge >= 0.3 is 0 Å². The fraction of sp³-hybridized carbons (Fsp3) is 0.0769. The van der Waals surface area contributed by atoms with Crippen LogP contribution in [0.2, 0.25) is 0 Å². The minimum atomic E-state index is -0.0862. The standard InChI is InChI=1S/C26H19N3O3/c1-16-17(2)28-25(19-9-6-12-27-14-19)29-26(16)32-20-10-11-21-23(13-20)31-15-22(24(21)30)18-7-4-3-5-8-18/h3-15H,1-2H3. The van der Waals surface area contributed by atoms with E-state index in [0.29, 0.717) is 34.0 Å². The number of hydrogen-bond acceptors (Lipinski definition) is 6. The van der Waals surface area contributed by atoms with Crippen LogP contribution in [0, 0.1) is 13.8 Å². The highest BCUT2D eigenvalue weighted by Crippen LogP contribution is 2.29. The largest absolute Gasteiger partial charge is 0.463 e. The first-order chi connectivity index (χ1) is 15.6. The predicted octanol–water partition coefficient (Wildman–Crippen LogP) is 5.72. The lowest BCUT2D eigenvalue weighted by Gasteiger charge is -2.12. The summed E-state index contributed by atoms with van der Waals surface area (Å²) in [6.45, 7) is 3.82. The maximum atomic E-state index is 13.0. The Morgan fingerprint density at radius 3 is 2.50 bits per heavy atom. The van der Waals surface area contributed by atoms with Gasteiger partial charge in [0.25, 0.3) is 0 Å². The van der Waals surface area contributed by atoms with Crippen LogP contribution in [-0.2, 0) is 0 Å². The Bertz CT molecular complexity index is 1480. The van der Waals surface area contributed by atoms with Crippen molar-refractivity contribution in [3.63, 3.8) is 0 Å². The van der Waals surface area contributed by atoms with Crippen LogP contribution in [0.4, 0.5) is 0 Å². The van der Waals surface area contributed by atoms with Crippen LogP contribution >= 0.6 is 0 Å². The van der Waals surface area contributed by atoms with Crippen molar-refractivity contribution in [1.82, 2.24) is 15.0 Å². The first-order valence-electron chi connectivity index (χ1n) is 10.1. The average Bonchev–Trinajstić information content (AvgIpc) is 2.83. The van der Waals surface area contributed by atoms with Gasteiger partial charge in [0.05, 0.1) is 10.9 Å². The molecule has 32 heavy (non-hydrogen) atoms. The number of nitrogens with zero attached hydrogens (tertiary/aromatic N) is 3. The number of fused-ring (bicyclic) bond motifs is 1. The molecule has 0 saturated carbocycles. The summed E-state index contributed by atoms with van der Waals surface area (Å²) in [6.07, 6.45) is 4.90. The molecule has 0 bridgehead atoms. The van der Waals surface area contributed by atoms with E-state index < -0.39 is 0 Å². The van der Waals surface area contributed by atoms with Gasteiger partial charge in [0.2, 0.25) is 5.88 Å². The molecule has 0 saturated heterocycles. The Balaban J connectivity index is 1.52. The molecular weight excluding hydrogens is 402 g/mol. The van der Waals surface area contributed by atoms with Gasteiger partial charge in [-0.1, -0.05) is 30.3 Å². The number of aromatic nitrogens is 3. The second kappa shape index (κ2) is 8.07. The second-order valence-electron chi connectivity index (χ2n) is 7.41. The van der Waals surface area contributed by atoms with E-state index in [1.807, 2.05) is 56.3 Å². The summed E-state index contributed by atoms with van der Waals surface area (Å²) in [6, 6.07) is 18.4. The summed E-state index contributed by atoms with van der Waals surface area (Å²) in [5, 5.41) is 0.491. The van der Waals surface area contributed by atoms with Gasteiger partial charge in [-0.25, -0.2) is 4.98 Å². The molecule has 0 radical (unpaired) electrons. The molecule has 5 aromatic rings. The zero-order chi connectivity index (χ0) is 22.1. The molecule has 156 valence electrons. The minimum Gasteiger partial charge on any atom is -0.463 e. The van der Waals surface area contributed by atoms with Crippen LogP contribution in [0.5, 0.6) is 11.6 Å². The highest BCUT2D eigenvalue weighted by atomic mass is 16.5. The number of pyridine rings is 1. The first-order valence-corrected chi connectivity index (χ1v) is 10.1. The van der Waals surface area contributed by atoms with Gasteiger partial charge in [-0.15, -0.1) is 0 Å². The second-order valence-corrected chi connectivity index (χ2v) is 7.41. The minimum absolute atomic E-state index is 0.0862. The fourth-order valence-electron chi connectivity index (χ4n) is 3.43. The molecule has 2 aromatic carbocycles. The summed E-state index contributed by atoms with van der Waals surface area (Å²) < 4.78 is 11.9. The van der Waals surface area contributed by atoms with Gasteiger partial charge in [-0.3, -0.25) is 9.78 Å². The Labute approximate surface area is 184 Å². The van der Waals surface area contributed by atoms with Crippen LogP contribution in [0.15, 0.2) is 88.5 Å². The van der Waals surface area contributed by atoms with Gasteiger partial charge in [-0.2, -0.15) is 4.98 Å². The molecule has 0 N–H and O–H groups in total. The molecule has 6 heteroatoms. The van der Waals surface area contributed by atoms with Crippen LogP contribution in [0.1, 0.15) is 11.3 Å². The van der Waals surface area contributed by atoms with Gasteiger partial charge in [0, 0.05) is 35.3 Å². The van der Waals surface area contributed by atoms with E-state index in [4.69, 9.17) is 9.15 Å². The summed E-state index contributed by atoms with van der Waals surface area (Å²) in [5.41, 5.74) is 4.15. The normalized spacial score (nSPS) is 10.9. The topological polar surface area (TPSA) is 78.1 Å². The highest BCUT2D eigenvalue weighted by molar-refractivity contribution is 5.82. The summed E-state index contributed by atoms with van der Waals surface area (Å²) in [5.74, 6) is 1.50. The third-order valence-corrected chi connectivity index (χ3v) is 5.31. The molecule has 3 aromatic heterocycles. The van der Waals surface area contributed by atoms with Gasteiger partial charge in [-0.05, 0) is 43.7 Å². The Morgan fingerprint density at radius 2 is 1.72 bits per heavy atom. The lowest BCUT2D eigenvalue weighted by molar-refractivity contribution is 0.456. The predicted molar refractivity (Wildman–Crippen MR) is 123 cm³/mol. The van der Waals surface area contributed by atoms with E-state index in [9.17, 15) is 4.79 Å². The summed E-state index contributed by atoms with van der Waals surface area (Å²) in [4.78, 5) is 26.2. The number of hydrogen-bond donors (Lipinski definition) is 0. The third kappa shape index (κ3) is 3.63. The van der Waals surface area contributed by atoms with Gasteiger partial charge in [0.15, 0.2) is 11.3 Å². The van der Waals surface area contributed by atoms with Crippen molar-refractivity contribution >= 4 is 11.0 Å². The van der Waals surface area contributed by atoms with Crippen molar-refractivity contribution in [3.05, 3.63) is 101 Å². The van der Waals surface area contributed by atoms with E-state index >= 15 is 0 Å². The van der Waals surface area contributed by atoms with Crippen molar-refractivity contribution in [3.8, 4) is 34.1 Å². The van der Waals surface area contributed by atoms with Crippen molar-refractivity contribution in [1.29, 1.82) is 0 Å². The molecular formula is C26H19N3O3. The maximum absolute atomic E-state index is 13.0. The molecule has 5 rings (SSSR count). The van der Waals surface area contributed by atoms with Crippen molar-refractivity contribution in [2.45, 2.75) is 13.8 Å². The van der Waals surface area contributed by atoms with Crippen molar-refractivity contribution in [2.75, 3.05) is 0 Å². The maximum Gasteiger partial charge on any atom is 0.226 e. The number of aryl methyl sites for hydroxylation is 1. The lowest BCUT2D eigenvalue weighted by atomic mass is 10.1. The number of benzene rings is 2. The molecule has 0 amide bonds. The van der Waals surface area contributed by atoms with Gasteiger partial charge < -0.3 is 9.15 Å². The lowest BCUT2D eigenvalue weighted by Crippen LogP contribution is -2.05. The van der Waals surface area contributed by atoms with Crippen LogP contribution in [0.25, 0.3) is 33.5 Å². The van der Waals surface area contributed by atoms with E-state index in [0.717, 1.165) is 22.4 Å². The number of rotatable bonds is 4. The Morgan fingerprint density at radius 1 is 0.906 bits per heavy atom. The quantitative estimate of drug-likeness (QED) is 0.369. The van der Waals surface area contributed by atoms with Gasteiger partial charge in [0.1, 0.15) is 17.6 Å². The molecule has 0 spiro atoms. The third-order valence-electron chi connectivity index (χ3n) is 5.31. The van der Waals surface area contributed by atoms with Crippen LogP contribution in [0.3, 0.4) is 0 Å². The fourth-order valence-corrected chi connectivity index (χ4v) is 3.43. The van der Waals surface area contributed by atoms with E-state index in [1.165, 1.54) is 6.26 Å². The Hall–Kier alpha value is -4.32. The van der Waals surface area contributed by atoms with Crippen molar-refractivity contribution in [2.24, 2.45) is 0 Å².